The first-order valence-corrected chi connectivity index (χ1v) is 7.38. The summed E-state index contributed by atoms with van der Waals surface area (Å²) in [5.41, 5.74) is 0.937. The number of ether oxygens (including phenoxy) is 1. The van der Waals surface area contributed by atoms with Crippen LogP contribution in [-0.2, 0) is 4.79 Å². The van der Waals surface area contributed by atoms with Crippen LogP contribution in [0, 0.1) is 6.92 Å². The highest BCUT2D eigenvalue weighted by atomic mass is 35.5. The summed E-state index contributed by atoms with van der Waals surface area (Å²) in [5.74, 6) is 0.569. The van der Waals surface area contributed by atoms with E-state index >= 15 is 0 Å². The van der Waals surface area contributed by atoms with Gasteiger partial charge in [-0.25, -0.2) is 0 Å². The lowest BCUT2D eigenvalue weighted by molar-refractivity contribution is -0.127. The fraction of sp³-hybridized carbons (Fsp3) is 0.533. The number of nitrogens with one attached hydrogen (secondary N) is 2. The Labute approximate surface area is 137 Å². The molecule has 2 rings (SSSR count). The number of rotatable bonds is 5. The zero-order valence-corrected chi connectivity index (χ0v) is 13.9. The van der Waals surface area contributed by atoms with Crippen molar-refractivity contribution in [3.63, 3.8) is 0 Å². The topological polar surface area (TPSA) is 50.4 Å². The molecule has 1 heterocycles. The molecule has 2 N–H and O–H groups in total. The van der Waals surface area contributed by atoms with Crippen LogP contribution < -0.4 is 15.4 Å². The highest BCUT2D eigenvalue weighted by Gasteiger charge is 2.18. The molecule has 21 heavy (non-hydrogen) atoms. The van der Waals surface area contributed by atoms with Gasteiger partial charge < -0.3 is 15.4 Å². The third-order valence-electron chi connectivity index (χ3n) is 3.50. The minimum Gasteiger partial charge on any atom is -0.481 e. The van der Waals surface area contributed by atoms with E-state index in [2.05, 4.69) is 10.6 Å². The first-order chi connectivity index (χ1) is 9.56. The summed E-state index contributed by atoms with van der Waals surface area (Å²) in [7, 11) is 0. The average molecular weight is 333 g/mol. The lowest BCUT2D eigenvalue weighted by Crippen LogP contribution is -2.42. The Morgan fingerprint density at radius 1 is 1.57 bits per heavy atom. The molecule has 0 saturated carbocycles. The second kappa shape index (κ2) is 8.47. The molecule has 2 unspecified atom stereocenters. The van der Waals surface area contributed by atoms with Gasteiger partial charge in [-0.05, 0) is 57.0 Å². The second-order valence-corrected chi connectivity index (χ2v) is 5.62. The molecule has 6 heteroatoms. The van der Waals surface area contributed by atoms with Crippen LogP contribution in [0.2, 0.25) is 5.02 Å². The molecular formula is C15H22Cl2N2O2. The molecule has 1 saturated heterocycles. The van der Waals surface area contributed by atoms with Crippen molar-refractivity contribution in [2.45, 2.75) is 38.8 Å². The first kappa shape index (κ1) is 18.1. The van der Waals surface area contributed by atoms with Crippen LogP contribution in [0.3, 0.4) is 0 Å². The van der Waals surface area contributed by atoms with Crippen molar-refractivity contribution < 1.29 is 9.53 Å². The Kier molecular flexibility index (Phi) is 7.29. The smallest absolute Gasteiger partial charge is 0.260 e. The molecule has 1 aliphatic heterocycles. The summed E-state index contributed by atoms with van der Waals surface area (Å²) in [6, 6.07) is 5.78. The maximum atomic E-state index is 12.0. The van der Waals surface area contributed by atoms with Gasteiger partial charge in [-0.15, -0.1) is 12.4 Å². The van der Waals surface area contributed by atoms with Crippen LogP contribution in [0.4, 0.5) is 0 Å². The van der Waals surface area contributed by atoms with E-state index in [0.717, 1.165) is 18.5 Å². The molecule has 0 aromatic heterocycles. The van der Waals surface area contributed by atoms with Crippen molar-refractivity contribution >= 4 is 29.9 Å². The van der Waals surface area contributed by atoms with Crippen molar-refractivity contribution in [2.24, 2.45) is 0 Å². The van der Waals surface area contributed by atoms with E-state index in [1.807, 2.05) is 13.0 Å². The molecule has 0 spiro atoms. The van der Waals surface area contributed by atoms with Crippen LogP contribution in [0.5, 0.6) is 5.75 Å². The first-order valence-electron chi connectivity index (χ1n) is 7.00. The number of hydrogen-bond acceptors (Lipinski definition) is 3. The quantitative estimate of drug-likeness (QED) is 0.871. The highest BCUT2D eigenvalue weighted by molar-refractivity contribution is 6.31. The van der Waals surface area contributed by atoms with Crippen molar-refractivity contribution in [3.8, 4) is 5.75 Å². The lowest BCUT2D eigenvalue weighted by atomic mass is 10.2. The predicted molar refractivity (Wildman–Crippen MR) is 87.6 cm³/mol. The molecule has 1 aromatic rings. The third kappa shape index (κ3) is 5.38. The van der Waals surface area contributed by atoms with E-state index < -0.39 is 6.10 Å². The number of aryl methyl sites for hydroxylation is 1. The molecule has 0 bridgehead atoms. The number of carbonyl (C=O) groups excluding carboxylic acids is 1. The Bertz CT molecular complexity index is 477. The van der Waals surface area contributed by atoms with Crippen LogP contribution in [0.25, 0.3) is 0 Å². The summed E-state index contributed by atoms with van der Waals surface area (Å²) in [5, 5.41) is 6.96. The summed E-state index contributed by atoms with van der Waals surface area (Å²) in [4.78, 5) is 12.0. The average Bonchev–Trinajstić information content (AvgIpc) is 2.93. The second-order valence-electron chi connectivity index (χ2n) is 5.21. The van der Waals surface area contributed by atoms with E-state index in [4.69, 9.17) is 16.3 Å². The SMILES string of the molecule is Cc1cc(OC(C)C(=O)NCC2CCCN2)ccc1Cl.Cl. The molecule has 118 valence electrons. The lowest BCUT2D eigenvalue weighted by Gasteiger charge is -2.17. The fourth-order valence-electron chi connectivity index (χ4n) is 2.25. The summed E-state index contributed by atoms with van der Waals surface area (Å²) in [6.07, 6.45) is 1.78. The molecule has 0 radical (unpaired) electrons. The van der Waals surface area contributed by atoms with Crippen molar-refractivity contribution in [1.82, 2.24) is 10.6 Å². The monoisotopic (exact) mass is 332 g/mol. The molecule has 4 nitrogen and oxygen atoms in total. The van der Waals surface area contributed by atoms with Gasteiger partial charge >= 0.3 is 0 Å². The number of benzene rings is 1. The van der Waals surface area contributed by atoms with Crippen LogP contribution in [0.15, 0.2) is 18.2 Å². The van der Waals surface area contributed by atoms with Crippen LogP contribution >= 0.6 is 24.0 Å². The van der Waals surface area contributed by atoms with Gasteiger partial charge in [-0.3, -0.25) is 4.79 Å². The van der Waals surface area contributed by atoms with E-state index in [9.17, 15) is 4.79 Å². The maximum Gasteiger partial charge on any atom is 0.260 e. The van der Waals surface area contributed by atoms with E-state index in [-0.39, 0.29) is 18.3 Å². The van der Waals surface area contributed by atoms with Gasteiger partial charge in [0, 0.05) is 17.6 Å². The Balaban J connectivity index is 0.00000220. The highest BCUT2D eigenvalue weighted by Crippen LogP contribution is 2.21. The fourth-order valence-corrected chi connectivity index (χ4v) is 2.36. The van der Waals surface area contributed by atoms with Gasteiger partial charge in [0.2, 0.25) is 0 Å². The summed E-state index contributed by atoms with van der Waals surface area (Å²) < 4.78 is 5.64. The van der Waals surface area contributed by atoms with Crippen LogP contribution in [-0.4, -0.2) is 31.1 Å². The normalized spacial score (nSPS) is 18.7. The minimum atomic E-state index is -0.517. The number of amides is 1. The van der Waals surface area contributed by atoms with Gasteiger partial charge in [0.1, 0.15) is 5.75 Å². The van der Waals surface area contributed by atoms with Crippen molar-refractivity contribution in [1.29, 1.82) is 0 Å². The Morgan fingerprint density at radius 2 is 2.33 bits per heavy atom. The van der Waals surface area contributed by atoms with Gasteiger partial charge in [-0.2, -0.15) is 0 Å². The molecule has 0 aliphatic carbocycles. The zero-order valence-electron chi connectivity index (χ0n) is 12.3. The van der Waals surface area contributed by atoms with E-state index in [1.54, 1.807) is 19.1 Å². The minimum absolute atomic E-state index is 0. The van der Waals surface area contributed by atoms with E-state index in [1.165, 1.54) is 6.42 Å². The van der Waals surface area contributed by atoms with Gasteiger partial charge in [0.15, 0.2) is 6.10 Å². The molecule has 1 aliphatic rings. The third-order valence-corrected chi connectivity index (χ3v) is 3.92. The molecular weight excluding hydrogens is 311 g/mol. The summed E-state index contributed by atoms with van der Waals surface area (Å²) in [6.45, 7) is 5.36. The zero-order chi connectivity index (χ0) is 14.5. The van der Waals surface area contributed by atoms with Crippen molar-refractivity contribution in [3.05, 3.63) is 28.8 Å². The van der Waals surface area contributed by atoms with Gasteiger partial charge in [0.05, 0.1) is 0 Å². The molecule has 2 atom stereocenters. The van der Waals surface area contributed by atoms with Gasteiger partial charge in [-0.1, -0.05) is 11.6 Å². The Hall–Kier alpha value is -0.970. The summed E-state index contributed by atoms with van der Waals surface area (Å²) >= 11 is 5.96. The number of carbonyl (C=O) groups is 1. The standard InChI is InChI=1S/C15H21ClN2O2.ClH/c1-10-8-13(5-6-14(10)16)20-11(2)15(19)18-9-12-4-3-7-17-12;/h5-6,8,11-12,17H,3-4,7,9H2,1-2H3,(H,18,19);1H. The predicted octanol–water partition coefficient (Wildman–Crippen LogP) is 2.71. The van der Waals surface area contributed by atoms with E-state index in [0.29, 0.717) is 23.4 Å². The maximum absolute atomic E-state index is 12.0. The Morgan fingerprint density at radius 3 is 2.95 bits per heavy atom. The van der Waals surface area contributed by atoms with Crippen molar-refractivity contribution in [2.75, 3.05) is 13.1 Å². The molecule has 1 aromatic carbocycles. The molecule has 1 fully saturated rings. The number of hydrogen-bond donors (Lipinski definition) is 2. The number of halogens is 2. The van der Waals surface area contributed by atoms with Gasteiger partial charge in [0.25, 0.3) is 5.91 Å². The largest absolute Gasteiger partial charge is 0.481 e. The molecule has 1 amide bonds. The van der Waals surface area contributed by atoms with Crippen LogP contribution in [0.1, 0.15) is 25.3 Å².